The van der Waals surface area contributed by atoms with Crippen molar-refractivity contribution < 1.29 is 23.5 Å². The average molecular weight is 323 g/mol. The summed E-state index contributed by atoms with van der Waals surface area (Å²) in [5.41, 5.74) is -0.611. The predicted octanol–water partition coefficient (Wildman–Crippen LogP) is 1.94. The number of hydrogen-bond donors (Lipinski definition) is 1. The van der Waals surface area contributed by atoms with Gasteiger partial charge in [-0.2, -0.15) is 0 Å². The first kappa shape index (κ1) is 17.4. The van der Waals surface area contributed by atoms with Crippen LogP contribution in [0.2, 0.25) is 0 Å². The second kappa shape index (κ2) is 8.06. The Morgan fingerprint density at radius 2 is 1.96 bits per heavy atom. The molecule has 126 valence electrons. The number of carbonyl (C=O) groups is 2. The molecular weight excluding hydrogens is 301 g/mol. The molecule has 23 heavy (non-hydrogen) atoms. The molecule has 1 saturated carbocycles. The van der Waals surface area contributed by atoms with Crippen LogP contribution in [-0.2, 0) is 24.5 Å². The van der Waals surface area contributed by atoms with Crippen LogP contribution in [0.15, 0.2) is 24.3 Å². The zero-order valence-electron chi connectivity index (χ0n) is 13.3. The number of nitrogens with one attached hydrogen (secondary N) is 1. The second-order valence-corrected chi connectivity index (χ2v) is 5.69. The van der Waals surface area contributed by atoms with E-state index in [0.29, 0.717) is 31.6 Å². The number of amides is 1. The van der Waals surface area contributed by atoms with Gasteiger partial charge in [-0.3, -0.25) is 9.59 Å². The third-order valence-electron chi connectivity index (χ3n) is 4.20. The van der Waals surface area contributed by atoms with E-state index < -0.39 is 23.1 Å². The molecule has 1 aromatic carbocycles. The van der Waals surface area contributed by atoms with Crippen LogP contribution in [-0.4, -0.2) is 38.7 Å². The molecule has 1 aromatic rings. The average Bonchev–Trinajstić information content (AvgIpc) is 3.04. The van der Waals surface area contributed by atoms with Crippen LogP contribution in [0.4, 0.5) is 4.39 Å². The van der Waals surface area contributed by atoms with Gasteiger partial charge in [0, 0.05) is 19.2 Å². The fourth-order valence-electron chi connectivity index (χ4n) is 3.02. The van der Waals surface area contributed by atoms with Gasteiger partial charge in [0.2, 0.25) is 0 Å². The van der Waals surface area contributed by atoms with Gasteiger partial charge in [-0.1, -0.05) is 31.0 Å². The third kappa shape index (κ3) is 4.07. The van der Waals surface area contributed by atoms with Crippen molar-refractivity contribution in [3.8, 4) is 0 Å². The molecule has 0 aliphatic heterocycles. The number of halogens is 1. The molecule has 0 atom stereocenters. The summed E-state index contributed by atoms with van der Waals surface area (Å²) < 4.78 is 24.1. The Hall–Kier alpha value is -1.95. The highest BCUT2D eigenvalue weighted by Crippen LogP contribution is 2.43. The van der Waals surface area contributed by atoms with Crippen LogP contribution in [0.5, 0.6) is 0 Å². The van der Waals surface area contributed by atoms with E-state index in [4.69, 9.17) is 9.47 Å². The van der Waals surface area contributed by atoms with Crippen molar-refractivity contribution in [3.05, 3.63) is 35.6 Å². The Balaban J connectivity index is 2.02. The Labute approximate surface area is 135 Å². The highest BCUT2D eigenvalue weighted by molar-refractivity contribution is 5.86. The molecule has 6 heteroatoms. The standard InChI is InChI=1S/C17H22FNO4/c1-22-11-10-19-15(20)12-23-16(21)17(8-4-5-9-17)13-6-2-3-7-14(13)18/h2-3,6-7H,4-5,8-12H2,1H3,(H,19,20). The van der Waals surface area contributed by atoms with Crippen molar-refractivity contribution in [3.63, 3.8) is 0 Å². The fourth-order valence-corrected chi connectivity index (χ4v) is 3.02. The summed E-state index contributed by atoms with van der Waals surface area (Å²) in [5.74, 6) is -1.32. The fraction of sp³-hybridized carbons (Fsp3) is 0.529. The lowest BCUT2D eigenvalue weighted by Gasteiger charge is -2.27. The van der Waals surface area contributed by atoms with Gasteiger partial charge < -0.3 is 14.8 Å². The molecule has 1 aliphatic rings. The number of carbonyl (C=O) groups excluding carboxylic acids is 2. The van der Waals surface area contributed by atoms with Crippen LogP contribution in [0, 0.1) is 5.82 Å². The SMILES string of the molecule is COCCNC(=O)COC(=O)C1(c2ccccc2F)CCCC1. The zero-order valence-corrected chi connectivity index (χ0v) is 13.3. The molecule has 5 nitrogen and oxygen atoms in total. The number of methoxy groups -OCH3 is 1. The van der Waals surface area contributed by atoms with Crippen LogP contribution in [0.3, 0.4) is 0 Å². The molecule has 1 fully saturated rings. The summed E-state index contributed by atoms with van der Waals surface area (Å²) in [6, 6.07) is 6.28. The molecule has 0 spiro atoms. The van der Waals surface area contributed by atoms with Gasteiger partial charge in [0.25, 0.3) is 5.91 Å². The van der Waals surface area contributed by atoms with Gasteiger partial charge in [-0.25, -0.2) is 4.39 Å². The van der Waals surface area contributed by atoms with Crippen molar-refractivity contribution in [2.75, 3.05) is 26.9 Å². The van der Waals surface area contributed by atoms with Gasteiger partial charge in [0.15, 0.2) is 6.61 Å². The van der Waals surface area contributed by atoms with Gasteiger partial charge >= 0.3 is 5.97 Å². The zero-order chi connectivity index (χ0) is 16.7. The van der Waals surface area contributed by atoms with E-state index in [1.54, 1.807) is 18.2 Å². The van der Waals surface area contributed by atoms with Gasteiger partial charge in [-0.05, 0) is 18.9 Å². The largest absolute Gasteiger partial charge is 0.455 e. The lowest BCUT2D eigenvalue weighted by atomic mass is 9.78. The van der Waals surface area contributed by atoms with Gasteiger partial charge in [-0.15, -0.1) is 0 Å². The lowest BCUT2D eigenvalue weighted by Crippen LogP contribution is -2.38. The van der Waals surface area contributed by atoms with E-state index in [9.17, 15) is 14.0 Å². The van der Waals surface area contributed by atoms with Gasteiger partial charge in [0.05, 0.1) is 12.0 Å². The molecule has 1 aliphatic carbocycles. The number of rotatable bonds is 7. The molecule has 0 aromatic heterocycles. The van der Waals surface area contributed by atoms with E-state index in [1.165, 1.54) is 13.2 Å². The van der Waals surface area contributed by atoms with Crippen LogP contribution >= 0.6 is 0 Å². The molecule has 0 saturated heterocycles. The number of ether oxygens (including phenoxy) is 2. The van der Waals surface area contributed by atoms with Crippen molar-refractivity contribution in [1.82, 2.24) is 5.32 Å². The van der Waals surface area contributed by atoms with Crippen molar-refractivity contribution in [2.24, 2.45) is 0 Å². The Kier molecular flexibility index (Phi) is 6.10. The molecule has 2 rings (SSSR count). The first-order valence-corrected chi connectivity index (χ1v) is 7.78. The van der Waals surface area contributed by atoms with Gasteiger partial charge in [0.1, 0.15) is 5.82 Å². The molecule has 0 heterocycles. The first-order valence-electron chi connectivity index (χ1n) is 7.78. The maximum Gasteiger partial charge on any atom is 0.317 e. The Bertz CT molecular complexity index is 555. The monoisotopic (exact) mass is 323 g/mol. The normalized spacial score (nSPS) is 16.1. The van der Waals surface area contributed by atoms with Crippen molar-refractivity contribution in [1.29, 1.82) is 0 Å². The minimum atomic E-state index is -0.974. The second-order valence-electron chi connectivity index (χ2n) is 5.69. The number of benzene rings is 1. The van der Waals surface area contributed by atoms with E-state index in [-0.39, 0.29) is 6.61 Å². The predicted molar refractivity (Wildman–Crippen MR) is 82.4 cm³/mol. The number of hydrogen-bond acceptors (Lipinski definition) is 4. The van der Waals surface area contributed by atoms with Crippen LogP contribution in [0.25, 0.3) is 0 Å². The maximum absolute atomic E-state index is 14.2. The Morgan fingerprint density at radius 3 is 2.61 bits per heavy atom. The van der Waals surface area contributed by atoms with Crippen molar-refractivity contribution >= 4 is 11.9 Å². The summed E-state index contributed by atoms with van der Waals surface area (Å²) in [7, 11) is 1.53. The smallest absolute Gasteiger partial charge is 0.317 e. The summed E-state index contributed by atoms with van der Waals surface area (Å²) in [4.78, 5) is 24.2. The quantitative estimate of drug-likeness (QED) is 0.615. The van der Waals surface area contributed by atoms with E-state index in [1.807, 2.05) is 0 Å². The molecule has 0 radical (unpaired) electrons. The topological polar surface area (TPSA) is 64.6 Å². The molecule has 1 amide bonds. The van der Waals surface area contributed by atoms with E-state index in [0.717, 1.165) is 12.8 Å². The van der Waals surface area contributed by atoms with Crippen LogP contribution in [0.1, 0.15) is 31.2 Å². The van der Waals surface area contributed by atoms with E-state index >= 15 is 0 Å². The summed E-state index contributed by atoms with van der Waals surface area (Å²) >= 11 is 0. The molecule has 0 unspecified atom stereocenters. The maximum atomic E-state index is 14.2. The van der Waals surface area contributed by atoms with Crippen molar-refractivity contribution in [2.45, 2.75) is 31.1 Å². The van der Waals surface area contributed by atoms with Crippen LogP contribution < -0.4 is 5.32 Å². The molecule has 0 bridgehead atoms. The number of esters is 1. The Morgan fingerprint density at radius 1 is 1.26 bits per heavy atom. The first-order chi connectivity index (χ1) is 11.1. The lowest BCUT2D eigenvalue weighted by molar-refractivity contribution is -0.154. The highest BCUT2D eigenvalue weighted by atomic mass is 19.1. The highest BCUT2D eigenvalue weighted by Gasteiger charge is 2.45. The van der Waals surface area contributed by atoms with E-state index in [2.05, 4.69) is 5.32 Å². The third-order valence-corrected chi connectivity index (χ3v) is 4.20. The minimum Gasteiger partial charge on any atom is -0.455 e. The summed E-state index contributed by atoms with van der Waals surface area (Å²) in [6.07, 6.45) is 2.75. The summed E-state index contributed by atoms with van der Waals surface area (Å²) in [5, 5.41) is 2.58. The summed E-state index contributed by atoms with van der Waals surface area (Å²) in [6.45, 7) is 0.378. The molecule has 1 N–H and O–H groups in total. The minimum absolute atomic E-state index is 0.353. The molecular formula is C17H22FNO4.